The number of aliphatic carboxylic acids is 1. The fourth-order valence-corrected chi connectivity index (χ4v) is 2.31. The van der Waals surface area contributed by atoms with Crippen LogP contribution in [0.3, 0.4) is 0 Å². The van der Waals surface area contributed by atoms with Crippen molar-refractivity contribution in [2.75, 3.05) is 6.61 Å². The van der Waals surface area contributed by atoms with Gasteiger partial charge in [0, 0.05) is 6.04 Å². The van der Waals surface area contributed by atoms with Crippen LogP contribution < -0.4 is 10.1 Å². The minimum atomic E-state index is -0.796. The highest BCUT2D eigenvalue weighted by molar-refractivity contribution is 9.10. The molecule has 0 radical (unpaired) electrons. The maximum atomic E-state index is 11.6. The number of amides is 1. The molecule has 19 heavy (non-hydrogen) atoms. The van der Waals surface area contributed by atoms with Gasteiger partial charge in [0.1, 0.15) is 5.75 Å². The number of carboxylic acid groups (broad SMARTS) is 1. The van der Waals surface area contributed by atoms with Crippen LogP contribution in [0.15, 0.2) is 28.7 Å². The fraction of sp³-hybridized carbons (Fsp3) is 0.385. The predicted molar refractivity (Wildman–Crippen MR) is 71.9 cm³/mol. The van der Waals surface area contributed by atoms with E-state index in [1.54, 1.807) is 6.07 Å². The Morgan fingerprint density at radius 2 is 2.05 bits per heavy atom. The van der Waals surface area contributed by atoms with Crippen LogP contribution >= 0.6 is 15.9 Å². The van der Waals surface area contributed by atoms with Crippen molar-refractivity contribution >= 4 is 27.8 Å². The number of benzene rings is 1. The number of nitrogens with one attached hydrogen (secondary N) is 1. The minimum Gasteiger partial charge on any atom is -0.483 e. The average Bonchev–Trinajstić information content (AvgIpc) is 2.31. The van der Waals surface area contributed by atoms with Crippen molar-refractivity contribution in [2.45, 2.75) is 18.9 Å². The van der Waals surface area contributed by atoms with Crippen LogP contribution in [0.1, 0.15) is 12.8 Å². The molecular formula is C13H14BrNO4. The number of ether oxygens (including phenoxy) is 1. The monoisotopic (exact) mass is 327 g/mol. The zero-order valence-corrected chi connectivity index (χ0v) is 11.7. The Balaban J connectivity index is 1.72. The number of carbonyl (C=O) groups is 2. The first kappa shape index (κ1) is 13.9. The number of para-hydroxylation sites is 1. The van der Waals surface area contributed by atoms with Crippen molar-refractivity contribution in [3.8, 4) is 5.75 Å². The maximum Gasteiger partial charge on any atom is 0.306 e. The van der Waals surface area contributed by atoms with E-state index < -0.39 is 5.97 Å². The molecule has 1 amide bonds. The fourth-order valence-electron chi connectivity index (χ4n) is 1.91. The quantitative estimate of drug-likeness (QED) is 0.864. The van der Waals surface area contributed by atoms with Crippen LogP contribution in [0.25, 0.3) is 0 Å². The minimum absolute atomic E-state index is 0.0450. The van der Waals surface area contributed by atoms with Gasteiger partial charge in [0.2, 0.25) is 0 Å². The maximum absolute atomic E-state index is 11.6. The molecule has 1 fully saturated rings. The molecule has 0 aliphatic heterocycles. The molecule has 0 spiro atoms. The first-order valence-electron chi connectivity index (χ1n) is 5.95. The highest BCUT2D eigenvalue weighted by Crippen LogP contribution is 2.27. The molecule has 1 aliphatic rings. The highest BCUT2D eigenvalue weighted by Gasteiger charge is 2.35. The third-order valence-electron chi connectivity index (χ3n) is 3.05. The molecule has 0 bridgehead atoms. The van der Waals surface area contributed by atoms with Crippen LogP contribution in [0.5, 0.6) is 5.75 Å². The van der Waals surface area contributed by atoms with E-state index in [-0.39, 0.29) is 24.5 Å². The summed E-state index contributed by atoms with van der Waals surface area (Å²) in [4.78, 5) is 22.2. The van der Waals surface area contributed by atoms with Crippen LogP contribution in [0.4, 0.5) is 0 Å². The lowest BCUT2D eigenvalue weighted by atomic mass is 9.80. The van der Waals surface area contributed by atoms with Crippen molar-refractivity contribution in [3.05, 3.63) is 28.7 Å². The Labute approximate surface area is 119 Å². The van der Waals surface area contributed by atoms with Gasteiger partial charge in [-0.1, -0.05) is 12.1 Å². The summed E-state index contributed by atoms with van der Waals surface area (Å²) in [6.07, 6.45) is 0.992. The van der Waals surface area contributed by atoms with E-state index in [9.17, 15) is 9.59 Å². The Hall–Kier alpha value is -1.56. The third-order valence-corrected chi connectivity index (χ3v) is 3.70. The Morgan fingerprint density at radius 3 is 2.68 bits per heavy atom. The molecule has 2 rings (SSSR count). The number of carbonyl (C=O) groups excluding carboxylic acids is 1. The van der Waals surface area contributed by atoms with E-state index in [0.29, 0.717) is 18.6 Å². The zero-order chi connectivity index (χ0) is 13.8. The van der Waals surface area contributed by atoms with Crippen molar-refractivity contribution in [2.24, 2.45) is 5.92 Å². The van der Waals surface area contributed by atoms with Crippen molar-refractivity contribution in [1.82, 2.24) is 5.32 Å². The van der Waals surface area contributed by atoms with Crippen molar-refractivity contribution < 1.29 is 19.4 Å². The molecule has 0 saturated heterocycles. The highest BCUT2D eigenvalue weighted by atomic mass is 79.9. The van der Waals surface area contributed by atoms with E-state index in [4.69, 9.17) is 9.84 Å². The molecule has 0 heterocycles. The molecule has 6 heteroatoms. The second-order valence-electron chi connectivity index (χ2n) is 4.49. The molecule has 1 aromatic carbocycles. The molecule has 1 saturated carbocycles. The van der Waals surface area contributed by atoms with Gasteiger partial charge < -0.3 is 15.2 Å². The molecule has 0 aromatic heterocycles. The van der Waals surface area contributed by atoms with E-state index in [0.717, 1.165) is 4.47 Å². The van der Waals surface area contributed by atoms with E-state index in [2.05, 4.69) is 21.2 Å². The number of hydrogen-bond donors (Lipinski definition) is 2. The first-order chi connectivity index (χ1) is 9.06. The van der Waals surface area contributed by atoms with Crippen molar-refractivity contribution in [1.29, 1.82) is 0 Å². The number of rotatable bonds is 5. The van der Waals surface area contributed by atoms with Gasteiger partial charge in [0.05, 0.1) is 10.4 Å². The number of hydrogen-bond acceptors (Lipinski definition) is 3. The number of carboxylic acids is 1. The second-order valence-corrected chi connectivity index (χ2v) is 5.34. The van der Waals surface area contributed by atoms with Crippen LogP contribution in [0.2, 0.25) is 0 Å². The van der Waals surface area contributed by atoms with Crippen LogP contribution in [-0.4, -0.2) is 29.6 Å². The summed E-state index contributed by atoms with van der Waals surface area (Å²) in [6, 6.07) is 7.23. The van der Waals surface area contributed by atoms with E-state index in [1.165, 1.54) is 0 Å². The zero-order valence-electron chi connectivity index (χ0n) is 10.1. The second kappa shape index (κ2) is 6.06. The van der Waals surface area contributed by atoms with E-state index >= 15 is 0 Å². The van der Waals surface area contributed by atoms with Gasteiger partial charge in [-0.15, -0.1) is 0 Å². The topological polar surface area (TPSA) is 75.6 Å². The summed E-state index contributed by atoms with van der Waals surface area (Å²) >= 11 is 3.32. The van der Waals surface area contributed by atoms with Crippen LogP contribution in [0, 0.1) is 5.92 Å². The van der Waals surface area contributed by atoms with Gasteiger partial charge in [0.15, 0.2) is 6.61 Å². The molecular weight excluding hydrogens is 314 g/mol. The molecule has 5 nitrogen and oxygen atoms in total. The van der Waals surface area contributed by atoms with E-state index in [1.807, 2.05) is 18.2 Å². The Morgan fingerprint density at radius 1 is 1.37 bits per heavy atom. The average molecular weight is 328 g/mol. The molecule has 1 aliphatic carbocycles. The molecule has 2 N–H and O–H groups in total. The SMILES string of the molecule is O=C(COc1ccccc1Br)NC1CC(C(=O)O)C1. The van der Waals surface area contributed by atoms with Crippen LogP contribution in [-0.2, 0) is 9.59 Å². The standard InChI is InChI=1S/C13H14BrNO4/c14-10-3-1-2-4-11(10)19-7-12(16)15-9-5-8(6-9)13(17)18/h1-4,8-9H,5-7H2,(H,15,16)(H,17,18). The smallest absolute Gasteiger partial charge is 0.306 e. The summed E-state index contributed by atoms with van der Waals surface area (Å²) in [5.41, 5.74) is 0. The van der Waals surface area contributed by atoms with Gasteiger partial charge in [-0.2, -0.15) is 0 Å². The lowest BCUT2D eigenvalue weighted by Gasteiger charge is -2.32. The third kappa shape index (κ3) is 3.70. The summed E-state index contributed by atoms with van der Waals surface area (Å²) < 4.78 is 6.16. The summed E-state index contributed by atoms with van der Waals surface area (Å²) in [5, 5.41) is 11.5. The van der Waals surface area contributed by atoms with Gasteiger partial charge in [-0.05, 0) is 40.9 Å². The van der Waals surface area contributed by atoms with Gasteiger partial charge >= 0.3 is 5.97 Å². The molecule has 0 unspecified atom stereocenters. The van der Waals surface area contributed by atoms with Gasteiger partial charge in [-0.25, -0.2) is 0 Å². The summed E-state index contributed by atoms with van der Waals surface area (Å²) in [6.45, 7) is -0.0726. The molecule has 0 atom stereocenters. The largest absolute Gasteiger partial charge is 0.483 e. The Bertz CT molecular complexity index is 485. The predicted octanol–water partition coefficient (Wildman–Crippen LogP) is 1.81. The normalized spacial score (nSPS) is 21.3. The lowest BCUT2D eigenvalue weighted by molar-refractivity contribution is -0.146. The molecule has 1 aromatic rings. The Kier molecular flexibility index (Phi) is 4.42. The summed E-state index contributed by atoms with van der Waals surface area (Å²) in [5.74, 6) is -0.747. The van der Waals surface area contributed by atoms with Gasteiger partial charge in [-0.3, -0.25) is 9.59 Å². The van der Waals surface area contributed by atoms with Crippen molar-refractivity contribution in [3.63, 3.8) is 0 Å². The number of halogens is 1. The molecule has 102 valence electrons. The first-order valence-corrected chi connectivity index (χ1v) is 6.75. The lowest BCUT2D eigenvalue weighted by Crippen LogP contribution is -2.48. The summed E-state index contributed by atoms with van der Waals surface area (Å²) in [7, 11) is 0. The van der Waals surface area contributed by atoms with Gasteiger partial charge in [0.25, 0.3) is 5.91 Å².